The van der Waals surface area contributed by atoms with Gasteiger partial charge in [-0.05, 0) is 18.9 Å². The SMILES string of the molecule is CCCCCCCCC(CBr)(CBr)c1cccc(C)c1. The fourth-order valence-corrected chi connectivity index (χ4v) is 4.82. The van der Waals surface area contributed by atoms with Gasteiger partial charge in [-0.2, -0.15) is 0 Å². The molecule has 0 atom stereocenters. The quantitative estimate of drug-likeness (QED) is 0.298. The summed E-state index contributed by atoms with van der Waals surface area (Å²) in [5, 5.41) is 2.06. The van der Waals surface area contributed by atoms with Gasteiger partial charge in [0.05, 0.1) is 0 Å². The molecule has 1 aromatic carbocycles. The Kier molecular flexibility index (Phi) is 9.11. The van der Waals surface area contributed by atoms with Crippen molar-refractivity contribution in [3.63, 3.8) is 0 Å². The summed E-state index contributed by atoms with van der Waals surface area (Å²) >= 11 is 7.52. The molecule has 1 rings (SSSR count). The van der Waals surface area contributed by atoms with Crippen molar-refractivity contribution in [3.8, 4) is 0 Å². The molecule has 0 N–H and O–H groups in total. The zero-order chi connectivity index (χ0) is 14.8. The van der Waals surface area contributed by atoms with Gasteiger partial charge in [-0.25, -0.2) is 0 Å². The lowest BCUT2D eigenvalue weighted by Gasteiger charge is -2.31. The van der Waals surface area contributed by atoms with E-state index in [1.165, 1.54) is 56.1 Å². The molecule has 0 unspecified atom stereocenters. The van der Waals surface area contributed by atoms with E-state index in [1.54, 1.807) is 0 Å². The molecule has 2 heteroatoms. The summed E-state index contributed by atoms with van der Waals surface area (Å²) < 4.78 is 0. The number of halogens is 2. The van der Waals surface area contributed by atoms with Crippen LogP contribution in [0.25, 0.3) is 0 Å². The van der Waals surface area contributed by atoms with Crippen LogP contribution in [0.5, 0.6) is 0 Å². The molecule has 0 aromatic heterocycles. The molecular formula is C18H28Br2. The summed E-state index contributed by atoms with van der Waals surface area (Å²) in [5.41, 5.74) is 3.08. The normalized spacial score (nSPS) is 11.8. The molecule has 0 fully saturated rings. The largest absolute Gasteiger partial charge is 0.0918 e. The molecule has 0 nitrogen and oxygen atoms in total. The van der Waals surface area contributed by atoms with Crippen LogP contribution in [0.2, 0.25) is 0 Å². The van der Waals surface area contributed by atoms with E-state index < -0.39 is 0 Å². The Morgan fingerprint density at radius 1 is 0.950 bits per heavy atom. The van der Waals surface area contributed by atoms with Crippen LogP contribution >= 0.6 is 31.9 Å². The van der Waals surface area contributed by atoms with Crippen LogP contribution in [0.3, 0.4) is 0 Å². The average Bonchev–Trinajstić information content (AvgIpc) is 2.47. The Morgan fingerprint density at radius 3 is 2.20 bits per heavy atom. The zero-order valence-corrected chi connectivity index (χ0v) is 16.1. The summed E-state index contributed by atoms with van der Waals surface area (Å²) in [6.45, 7) is 4.46. The lowest BCUT2D eigenvalue weighted by Crippen LogP contribution is -2.30. The number of alkyl halides is 2. The van der Waals surface area contributed by atoms with Gasteiger partial charge in [-0.3, -0.25) is 0 Å². The first-order valence-corrected chi connectivity index (χ1v) is 10.1. The predicted molar refractivity (Wildman–Crippen MR) is 98.4 cm³/mol. The van der Waals surface area contributed by atoms with E-state index in [4.69, 9.17) is 0 Å². The molecule has 0 saturated heterocycles. The number of rotatable bonds is 10. The topological polar surface area (TPSA) is 0 Å². The monoisotopic (exact) mass is 402 g/mol. The van der Waals surface area contributed by atoms with Gasteiger partial charge in [0.25, 0.3) is 0 Å². The van der Waals surface area contributed by atoms with E-state index in [-0.39, 0.29) is 5.41 Å². The minimum Gasteiger partial charge on any atom is -0.0918 e. The molecule has 0 aliphatic rings. The molecule has 0 radical (unpaired) electrons. The number of aryl methyl sites for hydroxylation is 1. The maximum absolute atomic E-state index is 3.76. The van der Waals surface area contributed by atoms with Crippen molar-refractivity contribution in [3.05, 3.63) is 35.4 Å². The van der Waals surface area contributed by atoms with Crippen molar-refractivity contribution in [2.24, 2.45) is 0 Å². The fraction of sp³-hybridized carbons (Fsp3) is 0.667. The maximum Gasteiger partial charge on any atom is 0.0147 e. The fourth-order valence-electron chi connectivity index (χ4n) is 2.69. The first kappa shape index (κ1) is 18.2. The molecule has 1 aromatic rings. The van der Waals surface area contributed by atoms with E-state index in [2.05, 4.69) is 70.0 Å². The van der Waals surface area contributed by atoms with Crippen LogP contribution in [0.1, 0.15) is 63.0 Å². The second-order valence-corrected chi connectivity index (χ2v) is 7.06. The molecule has 0 aliphatic carbocycles. The molecule has 0 spiro atoms. The van der Waals surface area contributed by atoms with Crippen LogP contribution in [0, 0.1) is 6.92 Å². The summed E-state index contributed by atoms with van der Waals surface area (Å²) in [7, 11) is 0. The molecule has 0 aliphatic heterocycles. The molecule has 0 amide bonds. The second kappa shape index (κ2) is 10.00. The van der Waals surface area contributed by atoms with Crippen molar-refractivity contribution in [1.82, 2.24) is 0 Å². The van der Waals surface area contributed by atoms with Crippen molar-refractivity contribution in [2.45, 2.75) is 64.2 Å². The van der Waals surface area contributed by atoms with E-state index in [0.717, 1.165) is 10.7 Å². The Balaban J connectivity index is 2.58. The lowest BCUT2D eigenvalue weighted by molar-refractivity contribution is 0.461. The Morgan fingerprint density at radius 2 is 1.60 bits per heavy atom. The molecule has 0 heterocycles. The van der Waals surface area contributed by atoms with Gasteiger partial charge in [-0.15, -0.1) is 0 Å². The van der Waals surface area contributed by atoms with E-state index in [0.29, 0.717) is 0 Å². The van der Waals surface area contributed by atoms with Gasteiger partial charge < -0.3 is 0 Å². The zero-order valence-electron chi connectivity index (χ0n) is 12.9. The Hall–Kier alpha value is 0.180. The van der Waals surface area contributed by atoms with Crippen LogP contribution < -0.4 is 0 Å². The Bertz CT molecular complexity index is 369. The number of benzene rings is 1. The van der Waals surface area contributed by atoms with Gasteiger partial charge in [-0.1, -0.05) is 107 Å². The summed E-state index contributed by atoms with van der Waals surface area (Å²) in [6, 6.07) is 9.00. The number of hydrogen-bond acceptors (Lipinski definition) is 0. The van der Waals surface area contributed by atoms with Gasteiger partial charge in [0.15, 0.2) is 0 Å². The molecule has 114 valence electrons. The third kappa shape index (κ3) is 5.52. The minimum absolute atomic E-state index is 0.247. The van der Waals surface area contributed by atoms with Gasteiger partial charge in [0.2, 0.25) is 0 Å². The lowest BCUT2D eigenvalue weighted by atomic mass is 9.79. The first-order chi connectivity index (χ1) is 9.68. The van der Waals surface area contributed by atoms with Crippen molar-refractivity contribution in [1.29, 1.82) is 0 Å². The summed E-state index contributed by atoms with van der Waals surface area (Å²) in [4.78, 5) is 0. The molecule has 20 heavy (non-hydrogen) atoms. The Labute approximate surface area is 142 Å². The predicted octanol–water partition coefficient (Wildman–Crippen LogP) is 6.77. The van der Waals surface area contributed by atoms with E-state index >= 15 is 0 Å². The van der Waals surface area contributed by atoms with Crippen molar-refractivity contribution >= 4 is 31.9 Å². The maximum atomic E-state index is 3.76. The highest BCUT2D eigenvalue weighted by Crippen LogP contribution is 2.34. The number of unbranched alkanes of at least 4 members (excludes halogenated alkanes) is 5. The van der Waals surface area contributed by atoms with Crippen molar-refractivity contribution in [2.75, 3.05) is 10.7 Å². The summed E-state index contributed by atoms with van der Waals surface area (Å²) in [6.07, 6.45) is 9.47. The highest BCUT2D eigenvalue weighted by atomic mass is 79.9. The van der Waals surface area contributed by atoms with E-state index in [9.17, 15) is 0 Å². The van der Waals surface area contributed by atoms with Crippen LogP contribution in [-0.4, -0.2) is 10.7 Å². The molecular weight excluding hydrogens is 376 g/mol. The molecule has 0 saturated carbocycles. The average molecular weight is 404 g/mol. The third-order valence-corrected chi connectivity index (χ3v) is 6.30. The van der Waals surface area contributed by atoms with Gasteiger partial charge in [0, 0.05) is 16.1 Å². The highest BCUT2D eigenvalue weighted by molar-refractivity contribution is 9.09. The second-order valence-electron chi connectivity index (χ2n) is 5.93. The van der Waals surface area contributed by atoms with Crippen LogP contribution in [-0.2, 0) is 5.41 Å². The minimum atomic E-state index is 0.247. The molecule has 0 bridgehead atoms. The highest BCUT2D eigenvalue weighted by Gasteiger charge is 2.29. The van der Waals surface area contributed by atoms with Crippen molar-refractivity contribution < 1.29 is 0 Å². The summed E-state index contributed by atoms with van der Waals surface area (Å²) in [5.74, 6) is 0. The van der Waals surface area contributed by atoms with E-state index in [1.807, 2.05) is 0 Å². The van der Waals surface area contributed by atoms with Crippen LogP contribution in [0.15, 0.2) is 24.3 Å². The number of hydrogen-bond donors (Lipinski definition) is 0. The third-order valence-electron chi connectivity index (χ3n) is 4.15. The van der Waals surface area contributed by atoms with Gasteiger partial charge >= 0.3 is 0 Å². The van der Waals surface area contributed by atoms with Crippen LogP contribution in [0.4, 0.5) is 0 Å². The first-order valence-electron chi connectivity index (χ1n) is 7.87. The standard InChI is InChI=1S/C18H28Br2/c1-3-4-5-6-7-8-12-18(14-19,15-20)17-11-9-10-16(2)13-17/h9-11,13H,3-8,12,14-15H2,1-2H3. The van der Waals surface area contributed by atoms with Gasteiger partial charge in [0.1, 0.15) is 0 Å². The smallest absolute Gasteiger partial charge is 0.0147 e.